The number of benzene rings is 2. The lowest BCUT2D eigenvalue weighted by molar-refractivity contribution is 0.100. The van der Waals surface area contributed by atoms with E-state index in [4.69, 9.17) is 5.73 Å². The minimum atomic E-state index is -0.395. The second kappa shape index (κ2) is 6.77. The number of nitrogens with two attached hydrogens (primary N) is 1. The molecule has 28 heavy (non-hydrogen) atoms. The molecular formula is C23H19N3OS. The van der Waals surface area contributed by atoms with Crippen molar-refractivity contribution in [3.8, 4) is 10.6 Å². The number of rotatable bonds is 4. The van der Waals surface area contributed by atoms with Crippen molar-refractivity contribution in [2.24, 2.45) is 5.73 Å². The Labute approximate surface area is 167 Å². The van der Waals surface area contributed by atoms with Gasteiger partial charge in [-0.05, 0) is 35.6 Å². The fourth-order valence-corrected chi connectivity index (χ4v) is 4.59. The summed E-state index contributed by atoms with van der Waals surface area (Å²) in [7, 11) is 0. The topological polar surface area (TPSA) is 60.9 Å². The van der Waals surface area contributed by atoms with Crippen molar-refractivity contribution >= 4 is 34.2 Å². The Morgan fingerprint density at radius 1 is 1.18 bits per heavy atom. The quantitative estimate of drug-likeness (QED) is 0.543. The lowest BCUT2D eigenvalue weighted by Gasteiger charge is -2.17. The summed E-state index contributed by atoms with van der Waals surface area (Å²) in [5, 5.41) is 3.84. The summed E-state index contributed by atoms with van der Waals surface area (Å²) >= 11 is 1.61. The van der Waals surface area contributed by atoms with Gasteiger partial charge in [0, 0.05) is 40.8 Å². The molecule has 0 fully saturated rings. The number of fused-ring (bicyclic) bond motifs is 2. The molecule has 138 valence electrons. The maximum atomic E-state index is 12.0. The Hall–Kier alpha value is -3.18. The molecule has 4 aromatic rings. The normalized spacial score (nSPS) is 13.4. The maximum Gasteiger partial charge on any atom is 0.250 e. The highest BCUT2D eigenvalue weighted by Crippen LogP contribution is 2.31. The summed E-state index contributed by atoms with van der Waals surface area (Å²) in [6.07, 6.45) is 8.05. The summed E-state index contributed by atoms with van der Waals surface area (Å²) < 4.78 is 2.15. The molecule has 0 saturated carbocycles. The van der Waals surface area contributed by atoms with E-state index in [1.807, 2.05) is 29.9 Å². The van der Waals surface area contributed by atoms with Crippen molar-refractivity contribution in [2.45, 2.75) is 19.4 Å². The summed E-state index contributed by atoms with van der Waals surface area (Å²) in [5.74, 6) is -0.395. The van der Waals surface area contributed by atoms with Gasteiger partial charge >= 0.3 is 0 Å². The van der Waals surface area contributed by atoms with Crippen molar-refractivity contribution < 1.29 is 4.79 Å². The molecule has 2 N–H and O–H groups in total. The van der Waals surface area contributed by atoms with E-state index in [0.717, 1.165) is 40.9 Å². The van der Waals surface area contributed by atoms with Gasteiger partial charge in [0.05, 0.1) is 5.56 Å². The molecule has 0 atom stereocenters. The molecule has 1 amide bonds. The Bertz CT molecular complexity index is 1220. The number of carbonyl (C=O) groups excluding carboxylic acids is 1. The number of amides is 1. The molecule has 0 unspecified atom stereocenters. The molecule has 0 saturated heterocycles. The van der Waals surface area contributed by atoms with Crippen LogP contribution in [0.5, 0.6) is 0 Å². The molecule has 5 heteroatoms. The van der Waals surface area contributed by atoms with E-state index >= 15 is 0 Å². The van der Waals surface area contributed by atoms with Crippen LogP contribution in [-0.4, -0.2) is 15.5 Å². The average Bonchev–Trinajstić information content (AvgIpc) is 3.36. The summed E-state index contributed by atoms with van der Waals surface area (Å²) in [6.45, 7) is 0.749. The van der Waals surface area contributed by atoms with Gasteiger partial charge in [-0.1, -0.05) is 42.5 Å². The molecule has 0 bridgehead atoms. The third-order valence-electron chi connectivity index (χ3n) is 5.33. The van der Waals surface area contributed by atoms with Crippen LogP contribution in [0.3, 0.4) is 0 Å². The van der Waals surface area contributed by atoms with Crippen molar-refractivity contribution in [2.75, 3.05) is 0 Å². The predicted octanol–water partition coefficient (Wildman–Crippen LogP) is 4.89. The number of nitrogens with zero attached hydrogens (tertiary/aromatic N) is 2. The lowest BCUT2D eigenvalue weighted by atomic mass is 9.92. The monoisotopic (exact) mass is 385 g/mol. The maximum absolute atomic E-state index is 12.0. The second-order valence-corrected chi connectivity index (χ2v) is 8.00. The van der Waals surface area contributed by atoms with Crippen LogP contribution in [0.1, 0.15) is 27.9 Å². The van der Waals surface area contributed by atoms with Crippen LogP contribution in [0.15, 0.2) is 65.8 Å². The van der Waals surface area contributed by atoms with E-state index in [1.165, 1.54) is 16.7 Å². The SMILES string of the molecule is NC(=O)c1cn(CC2=Cc3ccccc3CC2)c2cc(-c3nccs3)ccc12. The second-order valence-electron chi connectivity index (χ2n) is 7.11. The highest BCUT2D eigenvalue weighted by atomic mass is 32.1. The minimum Gasteiger partial charge on any atom is -0.366 e. The molecule has 5 rings (SSSR count). The van der Waals surface area contributed by atoms with Crippen LogP contribution in [0.2, 0.25) is 0 Å². The summed E-state index contributed by atoms with van der Waals surface area (Å²) in [4.78, 5) is 16.4. The summed E-state index contributed by atoms with van der Waals surface area (Å²) in [6, 6.07) is 14.6. The van der Waals surface area contributed by atoms with E-state index < -0.39 is 5.91 Å². The first-order valence-electron chi connectivity index (χ1n) is 9.29. The first-order valence-corrected chi connectivity index (χ1v) is 10.2. The first-order chi connectivity index (χ1) is 13.7. The fraction of sp³-hybridized carbons (Fsp3) is 0.130. The van der Waals surface area contributed by atoms with Crippen LogP contribution in [0, 0.1) is 0 Å². The van der Waals surface area contributed by atoms with E-state index in [9.17, 15) is 4.79 Å². The van der Waals surface area contributed by atoms with Gasteiger partial charge in [-0.25, -0.2) is 4.98 Å². The van der Waals surface area contributed by atoms with Gasteiger partial charge in [-0.2, -0.15) is 0 Å². The van der Waals surface area contributed by atoms with Crippen LogP contribution < -0.4 is 5.73 Å². The first kappa shape index (κ1) is 17.0. The van der Waals surface area contributed by atoms with E-state index in [-0.39, 0.29) is 0 Å². The highest BCUT2D eigenvalue weighted by molar-refractivity contribution is 7.13. The van der Waals surface area contributed by atoms with Gasteiger partial charge in [0.2, 0.25) is 0 Å². The van der Waals surface area contributed by atoms with E-state index in [2.05, 4.69) is 46.0 Å². The minimum absolute atomic E-state index is 0.395. The van der Waals surface area contributed by atoms with Crippen LogP contribution in [0.4, 0.5) is 0 Å². The molecule has 1 aliphatic carbocycles. The number of hydrogen-bond acceptors (Lipinski definition) is 3. The molecule has 0 spiro atoms. The predicted molar refractivity (Wildman–Crippen MR) is 114 cm³/mol. The van der Waals surface area contributed by atoms with Crippen molar-refractivity contribution in [3.05, 3.63) is 82.5 Å². The van der Waals surface area contributed by atoms with Gasteiger partial charge in [-0.15, -0.1) is 11.3 Å². The van der Waals surface area contributed by atoms with Gasteiger partial charge < -0.3 is 10.3 Å². The lowest BCUT2D eigenvalue weighted by Crippen LogP contribution is -2.10. The van der Waals surface area contributed by atoms with Gasteiger partial charge in [0.25, 0.3) is 5.91 Å². The number of carbonyl (C=O) groups is 1. The number of aryl methyl sites for hydroxylation is 1. The number of aromatic nitrogens is 2. The van der Waals surface area contributed by atoms with Gasteiger partial charge in [0.15, 0.2) is 0 Å². The van der Waals surface area contributed by atoms with E-state index in [0.29, 0.717) is 5.56 Å². The molecular weight excluding hydrogens is 366 g/mol. The van der Waals surface area contributed by atoms with Gasteiger partial charge in [-0.3, -0.25) is 4.79 Å². The molecule has 2 heterocycles. The molecule has 1 aliphatic rings. The molecule has 4 nitrogen and oxygen atoms in total. The Balaban J connectivity index is 1.59. The average molecular weight is 385 g/mol. The smallest absolute Gasteiger partial charge is 0.250 e. The van der Waals surface area contributed by atoms with Crippen molar-refractivity contribution in [1.82, 2.24) is 9.55 Å². The van der Waals surface area contributed by atoms with Crippen LogP contribution in [0.25, 0.3) is 27.6 Å². The number of thiazole rings is 1. The zero-order valence-electron chi connectivity index (χ0n) is 15.3. The van der Waals surface area contributed by atoms with Crippen molar-refractivity contribution in [1.29, 1.82) is 0 Å². The van der Waals surface area contributed by atoms with Crippen molar-refractivity contribution in [3.63, 3.8) is 0 Å². The van der Waals surface area contributed by atoms with E-state index in [1.54, 1.807) is 11.3 Å². The largest absolute Gasteiger partial charge is 0.366 e. The summed E-state index contributed by atoms with van der Waals surface area (Å²) in [5.41, 5.74) is 12.3. The zero-order valence-corrected chi connectivity index (χ0v) is 16.1. The molecule has 0 aliphatic heterocycles. The number of primary amides is 1. The number of hydrogen-bond donors (Lipinski definition) is 1. The van der Waals surface area contributed by atoms with Crippen LogP contribution >= 0.6 is 11.3 Å². The highest BCUT2D eigenvalue weighted by Gasteiger charge is 2.16. The van der Waals surface area contributed by atoms with Gasteiger partial charge in [0.1, 0.15) is 5.01 Å². The third kappa shape index (κ3) is 2.94. The number of allylic oxidation sites excluding steroid dienone is 1. The fourth-order valence-electron chi connectivity index (χ4n) is 3.95. The molecule has 2 aromatic carbocycles. The Kier molecular flexibility index (Phi) is 4.10. The molecule has 0 radical (unpaired) electrons. The Morgan fingerprint density at radius 3 is 2.89 bits per heavy atom. The zero-order chi connectivity index (χ0) is 19.1. The standard InChI is InChI=1S/C23H19N3OS/c24-22(27)20-14-26(13-15-5-6-16-3-1-2-4-17(16)11-15)21-12-18(7-8-19(20)21)23-25-9-10-28-23/h1-4,7-12,14H,5-6,13H2,(H2,24,27). The Morgan fingerprint density at radius 2 is 2.07 bits per heavy atom. The van der Waals surface area contributed by atoms with Crippen LogP contribution in [-0.2, 0) is 13.0 Å². The third-order valence-corrected chi connectivity index (χ3v) is 6.15. The molecule has 2 aromatic heterocycles.